The van der Waals surface area contributed by atoms with Crippen molar-refractivity contribution >= 4 is 22.5 Å². The Morgan fingerprint density at radius 2 is 2.00 bits per heavy atom. The van der Waals surface area contributed by atoms with Gasteiger partial charge in [-0.05, 0) is 56.2 Å². The third-order valence-corrected chi connectivity index (χ3v) is 4.56. The lowest BCUT2D eigenvalue weighted by molar-refractivity contribution is 0.102. The van der Waals surface area contributed by atoms with E-state index in [4.69, 9.17) is 4.74 Å². The highest BCUT2D eigenvalue weighted by Crippen LogP contribution is 2.25. The highest BCUT2D eigenvalue weighted by molar-refractivity contribution is 6.06. The summed E-state index contributed by atoms with van der Waals surface area (Å²) in [4.78, 5) is 17.0. The summed E-state index contributed by atoms with van der Waals surface area (Å²) in [6, 6.07) is 13.8. The summed E-state index contributed by atoms with van der Waals surface area (Å²) in [5.74, 6) is 5.27. The molecule has 1 aromatic heterocycles. The van der Waals surface area contributed by atoms with Gasteiger partial charge in [0, 0.05) is 29.5 Å². The fraction of sp³-hybridized carbons (Fsp3) is 0.280. The maximum Gasteiger partial charge on any atom is 0.255 e. The molecule has 0 atom stereocenters. The Bertz CT molecular complexity index is 1100. The Balaban J connectivity index is 1.63. The molecule has 154 valence electrons. The number of ether oxygens (including phenoxy) is 1. The molecule has 0 saturated heterocycles. The minimum atomic E-state index is -0.574. The van der Waals surface area contributed by atoms with Crippen molar-refractivity contribution in [2.75, 3.05) is 11.9 Å². The van der Waals surface area contributed by atoms with Crippen LogP contribution in [0.4, 0.5) is 10.1 Å². The number of rotatable bonds is 7. The lowest BCUT2D eigenvalue weighted by atomic mass is 10.1. The van der Waals surface area contributed by atoms with Gasteiger partial charge in [-0.2, -0.15) is 0 Å². The molecule has 4 nitrogen and oxygen atoms in total. The highest BCUT2D eigenvalue weighted by atomic mass is 19.1. The predicted molar refractivity (Wildman–Crippen MR) is 118 cm³/mol. The SMILES string of the molecule is CCC#CCCCCOc1cccc(NC(=O)c2ccc3nc(C)ccc3c2)c1F. The number of halogens is 1. The van der Waals surface area contributed by atoms with Crippen molar-refractivity contribution < 1.29 is 13.9 Å². The van der Waals surface area contributed by atoms with Crippen LogP contribution in [0.2, 0.25) is 0 Å². The fourth-order valence-electron chi connectivity index (χ4n) is 2.99. The first-order chi connectivity index (χ1) is 14.6. The van der Waals surface area contributed by atoms with E-state index in [0.717, 1.165) is 42.3 Å². The van der Waals surface area contributed by atoms with Crippen LogP contribution in [0.3, 0.4) is 0 Å². The van der Waals surface area contributed by atoms with E-state index < -0.39 is 5.82 Å². The van der Waals surface area contributed by atoms with E-state index in [9.17, 15) is 9.18 Å². The first kappa shape index (κ1) is 21.3. The van der Waals surface area contributed by atoms with Gasteiger partial charge in [-0.15, -0.1) is 11.8 Å². The third kappa shape index (κ3) is 5.57. The van der Waals surface area contributed by atoms with Gasteiger partial charge in [0.25, 0.3) is 5.91 Å². The zero-order valence-electron chi connectivity index (χ0n) is 17.3. The normalized spacial score (nSPS) is 10.4. The average Bonchev–Trinajstić information content (AvgIpc) is 2.75. The molecule has 0 aliphatic rings. The van der Waals surface area contributed by atoms with Gasteiger partial charge in [0.1, 0.15) is 0 Å². The summed E-state index contributed by atoms with van der Waals surface area (Å²) in [5, 5.41) is 3.49. The molecule has 0 radical (unpaired) electrons. The molecule has 30 heavy (non-hydrogen) atoms. The number of unbranched alkanes of at least 4 members (excludes halogenated alkanes) is 2. The highest BCUT2D eigenvalue weighted by Gasteiger charge is 2.14. The van der Waals surface area contributed by atoms with E-state index in [2.05, 4.69) is 22.1 Å². The molecule has 1 heterocycles. The minimum Gasteiger partial charge on any atom is -0.490 e. The maximum atomic E-state index is 14.7. The number of aryl methyl sites for hydroxylation is 1. The Labute approximate surface area is 176 Å². The van der Waals surface area contributed by atoms with Crippen molar-refractivity contribution in [3.63, 3.8) is 0 Å². The van der Waals surface area contributed by atoms with E-state index >= 15 is 0 Å². The molecule has 0 spiro atoms. The van der Waals surface area contributed by atoms with Crippen LogP contribution in [0.15, 0.2) is 48.5 Å². The topological polar surface area (TPSA) is 51.2 Å². The van der Waals surface area contributed by atoms with Crippen LogP contribution in [-0.2, 0) is 0 Å². The third-order valence-electron chi connectivity index (χ3n) is 4.56. The van der Waals surface area contributed by atoms with Crippen LogP contribution in [0.1, 0.15) is 48.7 Å². The summed E-state index contributed by atoms with van der Waals surface area (Å²) in [5.41, 5.74) is 2.25. The number of anilines is 1. The van der Waals surface area contributed by atoms with Gasteiger partial charge in [0.15, 0.2) is 11.6 Å². The summed E-state index contributed by atoms with van der Waals surface area (Å²) in [6.45, 7) is 4.33. The van der Waals surface area contributed by atoms with Crippen molar-refractivity contribution in [3.05, 3.63) is 65.6 Å². The largest absolute Gasteiger partial charge is 0.490 e. The van der Waals surface area contributed by atoms with Gasteiger partial charge in [-0.1, -0.05) is 19.1 Å². The number of carbonyl (C=O) groups is 1. The van der Waals surface area contributed by atoms with Crippen molar-refractivity contribution in [1.82, 2.24) is 4.98 Å². The average molecular weight is 404 g/mol. The van der Waals surface area contributed by atoms with Crippen LogP contribution in [0.5, 0.6) is 5.75 Å². The number of benzene rings is 2. The number of pyridine rings is 1. The summed E-state index contributed by atoms with van der Waals surface area (Å²) in [6.07, 6.45) is 3.37. The smallest absolute Gasteiger partial charge is 0.255 e. The molecule has 5 heteroatoms. The molecule has 1 N–H and O–H groups in total. The molecule has 0 aliphatic carbocycles. The molecule has 0 saturated carbocycles. The van der Waals surface area contributed by atoms with E-state index in [-0.39, 0.29) is 17.3 Å². The molecular weight excluding hydrogens is 379 g/mol. The number of hydrogen-bond acceptors (Lipinski definition) is 3. The number of aromatic nitrogens is 1. The molecule has 2 aromatic carbocycles. The van der Waals surface area contributed by atoms with E-state index in [1.165, 1.54) is 6.07 Å². The number of nitrogens with zero attached hydrogens (tertiary/aromatic N) is 1. The molecular formula is C25H25FN2O2. The summed E-state index contributed by atoms with van der Waals surface area (Å²) in [7, 11) is 0. The van der Waals surface area contributed by atoms with Crippen molar-refractivity contribution in [2.24, 2.45) is 0 Å². The van der Waals surface area contributed by atoms with Crippen LogP contribution in [0.25, 0.3) is 10.9 Å². The monoisotopic (exact) mass is 404 g/mol. The van der Waals surface area contributed by atoms with E-state index in [1.807, 2.05) is 26.0 Å². The molecule has 1 amide bonds. The van der Waals surface area contributed by atoms with Crippen LogP contribution in [0, 0.1) is 24.6 Å². The summed E-state index contributed by atoms with van der Waals surface area (Å²) < 4.78 is 20.3. The lowest BCUT2D eigenvalue weighted by Crippen LogP contribution is -2.13. The first-order valence-corrected chi connectivity index (χ1v) is 10.1. The van der Waals surface area contributed by atoms with Gasteiger partial charge in [0.2, 0.25) is 0 Å². The molecule has 3 aromatic rings. The minimum absolute atomic E-state index is 0.0911. The number of hydrogen-bond donors (Lipinski definition) is 1. The standard InChI is InChI=1S/C25H25FN2O2/c1-3-4-5-6-7-8-16-30-23-11-9-10-22(24(23)26)28-25(29)20-14-15-21-19(17-20)13-12-18(2)27-21/h9-15,17H,3,6-8,16H2,1-2H3,(H,28,29). The van der Waals surface area contributed by atoms with Crippen molar-refractivity contribution in [1.29, 1.82) is 0 Å². The van der Waals surface area contributed by atoms with E-state index in [1.54, 1.807) is 30.3 Å². The van der Waals surface area contributed by atoms with Crippen LogP contribution < -0.4 is 10.1 Å². The van der Waals surface area contributed by atoms with Crippen molar-refractivity contribution in [3.8, 4) is 17.6 Å². The van der Waals surface area contributed by atoms with Crippen molar-refractivity contribution in [2.45, 2.75) is 39.5 Å². The molecule has 0 bridgehead atoms. The molecule has 0 aliphatic heterocycles. The number of carbonyl (C=O) groups excluding carboxylic acids is 1. The number of nitrogens with one attached hydrogen (secondary N) is 1. The van der Waals surface area contributed by atoms with Crippen LogP contribution >= 0.6 is 0 Å². The van der Waals surface area contributed by atoms with Gasteiger partial charge in [0.05, 0.1) is 17.8 Å². The Morgan fingerprint density at radius 3 is 2.83 bits per heavy atom. The van der Waals surface area contributed by atoms with Crippen LogP contribution in [-0.4, -0.2) is 17.5 Å². The van der Waals surface area contributed by atoms with Gasteiger partial charge in [-0.25, -0.2) is 4.39 Å². The second-order valence-electron chi connectivity index (χ2n) is 6.94. The number of fused-ring (bicyclic) bond motifs is 1. The summed E-state index contributed by atoms with van der Waals surface area (Å²) >= 11 is 0. The van der Waals surface area contributed by atoms with E-state index in [0.29, 0.717) is 12.2 Å². The van der Waals surface area contributed by atoms with Gasteiger partial charge >= 0.3 is 0 Å². The molecule has 3 rings (SSSR count). The Hall–Kier alpha value is -3.39. The first-order valence-electron chi connectivity index (χ1n) is 10.1. The second-order valence-corrected chi connectivity index (χ2v) is 6.94. The zero-order chi connectivity index (χ0) is 21.3. The maximum absolute atomic E-state index is 14.7. The predicted octanol–water partition coefficient (Wildman–Crippen LogP) is 5.90. The fourth-order valence-corrected chi connectivity index (χ4v) is 2.99. The Kier molecular flexibility index (Phi) is 7.40. The second kappa shape index (κ2) is 10.4. The van der Waals surface area contributed by atoms with Gasteiger partial charge < -0.3 is 10.1 Å². The molecule has 0 fully saturated rings. The van der Waals surface area contributed by atoms with Gasteiger partial charge in [-0.3, -0.25) is 9.78 Å². The Morgan fingerprint density at radius 1 is 1.13 bits per heavy atom. The molecule has 0 unspecified atom stereocenters. The zero-order valence-corrected chi connectivity index (χ0v) is 17.3. The quantitative estimate of drug-likeness (QED) is 0.394. The lowest BCUT2D eigenvalue weighted by Gasteiger charge is -2.11. The number of amides is 1.